The van der Waals surface area contributed by atoms with Gasteiger partial charge in [-0.2, -0.15) is 0 Å². The van der Waals surface area contributed by atoms with Crippen LogP contribution < -0.4 is 29.1 Å². The second kappa shape index (κ2) is 8.90. The molecule has 10 heteroatoms. The number of benzene rings is 3. The zero-order chi connectivity index (χ0) is 24.5. The summed E-state index contributed by atoms with van der Waals surface area (Å²) in [4.78, 5) is 24.3. The number of hydrogen-bond donors (Lipinski definition) is 0. The Morgan fingerprint density at radius 3 is 2.26 bits per heavy atom. The Hall–Kier alpha value is -4.73. The van der Waals surface area contributed by atoms with Crippen LogP contribution in [0.3, 0.4) is 0 Å². The van der Waals surface area contributed by atoms with Crippen molar-refractivity contribution in [1.82, 2.24) is 0 Å². The standard InChI is InChI=1S/C25H19NO9/c1-30-20-8-15(9-21(31-2)25(20)32-12-14-6-4-3-5-7-14)24-22(26(28)29)23(27)16-10-18-19(34-13-33-18)11-17(16)35-24/h3-11H,12-13H2,1-2H3. The molecule has 178 valence electrons. The first-order chi connectivity index (χ1) is 17.0. The molecule has 35 heavy (non-hydrogen) atoms. The molecule has 0 saturated heterocycles. The smallest absolute Gasteiger partial charge is 0.359 e. The molecular formula is C25H19NO9. The molecule has 3 aromatic carbocycles. The molecule has 0 fully saturated rings. The average Bonchev–Trinajstić information content (AvgIpc) is 3.33. The second-order valence-electron chi connectivity index (χ2n) is 7.55. The first kappa shape index (κ1) is 22.1. The number of methoxy groups -OCH3 is 2. The molecule has 0 saturated carbocycles. The van der Waals surface area contributed by atoms with E-state index in [1.807, 2.05) is 30.3 Å². The van der Waals surface area contributed by atoms with Crippen LogP contribution in [-0.4, -0.2) is 25.9 Å². The van der Waals surface area contributed by atoms with E-state index in [2.05, 4.69) is 0 Å². The summed E-state index contributed by atoms with van der Waals surface area (Å²) >= 11 is 0. The van der Waals surface area contributed by atoms with Crippen molar-refractivity contribution in [3.8, 4) is 40.1 Å². The molecule has 0 amide bonds. The lowest BCUT2D eigenvalue weighted by atomic mass is 10.1. The van der Waals surface area contributed by atoms with Gasteiger partial charge in [0.25, 0.3) is 5.43 Å². The van der Waals surface area contributed by atoms with E-state index in [-0.39, 0.29) is 47.2 Å². The van der Waals surface area contributed by atoms with Gasteiger partial charge in [0.15, 0.2) is 23.0 Å². The Bertz CT molecular complexity index is 1470. The maximum absolute atomic E-state index is 13.1. The summed E-state index contributed by atoms with van der Waals surface area (Å²) in [6.07, 6.45) is 0. The molecule has 0 N–H and O–H groups in total. The molecule has 0 aliphatic carbocycles. The molecular weight excluding hydrogens is 458 g/mol. The van der Waals surface area contributed by atoms with Gasteiger partial charge in [-0.1, -0.05) is 30.3 Å². The quantitative estimate of drug-likeness (QED) is 0.276. The topological polar surface area (TPSA) is 120 Å². The number of rotatable bonds is 7. The van der Waals surface area contributed by atoms with Gasteiger partial charge in [0.05, 0.1) is 24.5 Å². The van der Waals surface area contributed by atoms with Gasteiger partial charge < -0.3 is 28.1 Å². The SMILES string of the molecule is COc1cc(-c2oc3cc4c(cc3c(=O)c2[N+](=O)[O-])OCO4)cc(OC)c1OCc1ccccc1. The fourth-order valence-electron chi connectivity index (χ4n) is 3.82. The van der Waals surface area contributed by atoms with E-state index in [1.54, 1.807) is 0 Å². The number of nitro groups is 1. The van der Waals surface area contributed by atoms with E-state index in [1.165, 1.54) is 38.5 Å². The molecule has 2 heterocycles. The molecule has 4 aromatic rings. The van der Waals surface area contributed by atoms with E-state index in [9.17, 15) is 14.9 Å². The maximum atomic E-state index is 13.1. The molecule has 0 unspecified atom stereocenters. The lowest BCUT2D eigenvalue weighted by Crippen LogP contribution is -2.10. The number of nitrogens with zero attached hydrogens (tertiary/aromatic N) is 1. The highest BCUT2D eigenvalue weighted by Crippen LogP contribution is 2.44. The average molecular weight is 477 g/mol. The Morgan fingerprint density at radius 1 is 0.971 bits per heavy atom. The van der Waals surface area contributed by atoms with Crippen molar-refractivity contribution in [1.29, 1.82) is 0 Å². The Kier molecular flexibility index (Phi) is 5.61. The summed E-state index contributed by atoms with van der Waals surface area (Å²) in [5, 5.41) is 11.9. The Morgan fingerprint density at radius 2 is 1.63 bits per heavy atom. The van der Waals surface area contributed by atoms with Crippen LogP contribution in [0, 0.1) is 10.1 Å². The van der Waals surface area contributed by atoms with Gasteiger partial charge in [-0.25, -0.2) is 0 Å². The molecule has 1 aromatic heterocycles. The predicted octanol–water partition coefficient (Wildman–Crippen LogP) is 4.69. The fraction of sp³-hybridized carbons (Fsp3) is 0.160. The normalized spacial score (nSPS) is 11.9. The highest BCUT2D eigenvalue weighted by molar-refractivity contribution is 5.87. The third-order valence-electron chi connectivity index (χ3n) is 5.49. The third kappa shape index (κ3) is 3.95. The molecule has 1 aliphatic rings. The minimum atomic E-state index is -0.813. The lowest BCUT2D eigenvalue weighted by Gasteiger charge is -2.16. The van der Waals surface area contributed by atoms with E-state index in [4.69, 9.17) is 28.1 Å². The van der Waals surface area contributed by atoms with Crippen LogP contribution in [-0.2, 0) is 6.61 Å². The Labute approximate surface area is 198 Å². The van der Waals surface area contributed by atoms with Crippen molar-refractivity contribution < 1.29 is 33.0 Å². The summed E-state index contributed by atoms with van der Waals surface area (Å²) in [7, 11) is 2.86. The zero-order valence-electron chi connectivity index (χ0n) is 18.7. The number of fused-ring (bicyclic) bond motifs is 2. The largest absolute Gasteiger partial charge is 0.493 e. The molecule has 0 atom stereocenters. The monoisotopic (exact) mass is 477 g/mol. The van der Waals surface area contributed by atoms with Gasteiger partial charge in [0, 0.05) is 11.6 Å². The summed E-state index contributed by atoms with van der Waals surface area (Å²) in [5.41, 5.74) is -0.294. The van der Waals surface area contributed by atoms with E-state index >= 15 is 0 Å². The molecule has 0 bridgehead atoms. The van der Waals surface area contributed by atoms with E-state index < -0.39 is 16.0 Å². The molecule has 1 aliphatic heterocycles. The molecule has 5 rings (SSSR count). The Balaban J connectivity index is 1.66. The summed E-state index contributed by atoms with van der Waals surface area (Å²) in [6.45, 7) is 0.221. The van der Waals surface area contributed by atoms with Crippen LogP contribution in [0.2, 0.25) is 0 Å². The van der Waals surface area contributed by atoms with Crippen LogP contribution in [0.25, 0.3) is 22.3 Å². The van der Waals surface area contributed by atoms with Crippen LogP contribution in [0.1, 0.15) is 5.56 Å². The van der Waals surface area contributed by atoms with Gasteiger partial charge in [-0.05, 0) is 23.8 Å². The van der Waals surface area contributed by atoms with Crippen molar-refractivity contribution in [3.63, 3.8) is 0 Å². The summed E-state index contributed by atoms with van der Waals surface area (Å²) in [5.74, 6) is 1.24. The molecule has 10 nitrogen and oxygen atoms in total. The zero-order valence-corrected chi connectivity index (χ0v) is 18.7. The van der Waals surface area contributed by atoms with Crippen LogP contribution in [0.5, 0.6) is 28.7 Å². The minimum Gasteiger partial charge on any atom is -0.493 e. The summed E-state index contributed by atoms with van der Waals surface area (Å²) in [6, 6.07) is 15.3. The van der Waals surface area contributed by atoms with E-state index in [0.717, 1.165) is 5.56 Å². The van der Waals surface area contributed by atoms with Crippen molar-refractivity contribution in [2.45, 2.75) is 6.61 Å². The third-order valence-corrected chi connectivity index (χ3v) is 5.49. The van der Waals surface area contributed by atoms with Gasteiger partial charge in [-0.15, -0.1) is 0 Å². The van der Waals surface area contributed by atoms with Gasteiger partial charge in [-0.3, -0.25) is 14.9 Å². The predicted molar refractivity (Wildman–Crippen MR) is 125 cm³/mol. The summed E-state index contributed by atoms with van der Waals surface area (Å²) < 4.78 is 33.4. The molecule has 0 radical (unpaired) electrons. The first-order valence-electron chi connectivity index (χ1n) is 10.5. The number of hydrogen-bond acceptors (Lipinski definition) is 9. The van der Waals surface area contributed by atoms with Gasteiger partial charge in [0.2, 0.25) is 18.3 Å². The van der Waals surface area contributed by atoms with Crippen molar-refractivity contribution >= 4 is 16.7 Å². The van der Waals surface area contributed by atoms with Crippen molar-refractivity contribution in [2.24, 2.45) is 0 Å². The van der Waals surface area contributed by atoms with Crippen LogP contribution >= 0.6 is 0 Å². The highest BCUT2D eigenvalue weighted by atomic mass is 16.7. The van der Waals surface area contributed by atoms with Crippen molar-refractivity contribution in [2.75, 3.05) is 21.0 Å². The van der Waals surface area contributed by atoms with Crippen LogP contribution in [0.15, 0.2) is 63.8 Å². The first-order valence-corrected chi connectivity index (χ1v) is 10.5. The van der Waals surface area contributed by atoms with Gasteiger partial charge >= 0.3 is 5.69 Å². The van der Waals surface area contributed by atoms with Crippen LogP contribution in [0.4, 0.5) is 5.69 Å². The maximum Gasteiger partial charge on any atom is 0.359 e. The molecule has 0 spiro atoms. The highest BCUT2D eigenvalue weighted by Gasteiger charge is 2.29. The lowest BCUT2D eigenvalue weighted by molar-refractivity contribution is -0.386. The fourth-order valence-corrected chi connectivity index (χ4v) is 3.82. The number of ether oxygens (including phenoxy) is 5. The minimum absolute atomic E-state index is 0.00597. The van der Waals surface area contributed by atoms with Crippen molar-refractivity contribution in [3.05, 3.63) is 80.5 Å². The van der Waals surface area contributed by atoms with E-state index in [0.29, 0.717) is 17.2 Å². The van der Waals surface area contributed by atoms with Gasteiger partial charge in [0.1, 0.15) is 12.2 Å². The second-order valence-corrected chi connectivity index (χ2v) is 7.55.